The Morgan fingerprint density at radius 2 is 1.64 bits per heavy atom. The van der Waals surface area contributed by atoms with Crippen LogP contribution in [-0.4, -0.2) is 20.5 Å². The van der Waals surface area contributed by atoms with Crippen LogP contribution < -0.4 is 0 Å². The Balaban J connectivity index is 2.82. The van der Waals surface area contributed by atoms with Crippen molar-refractivity contribution in [1.82, 2.24) is 0 Å². The summed E-state index contributed by atoms with van der Waals surface area (Å²) in [4.78, 5) is 10.8. The summed E-state index contributed by atoms with van der Waals surface area (Å²) in [6, 6.07) is 0. The van der Waals surface area contributed by atoms with E-state index in [0.29, 0.717) is 5.71 Å². The van der Waals surface area contributed by atoms with Crippen molar-refractivity contribution in [2.24, 2.45) is 4.40 Å². The quantitative estimate of drug-likeness (QED) is 0.618. The van der Waals surface area contributed by atoms with Gasteiger partial charge in [-0.3, -0.25) is 4.79 Å². The van der Waals surface area contributed by atoms with E-state index in [9.17, 15) is 9.00 Å². The van der Waals surface area contributed by atoms with Crippen molar-refractivity contribution in [3.05, 3.63) is 24.3 Å². The highest BCUT2D eigenvalue weighted by molar-refractivity contribution is 7.85. The minimum atomic E-state index is -1.27. The molecule has 0 saturated heterocycles. The highest BCUT2D eigenvalue weighted by atomic mass is 32.2. The third-order valence-corrected chi connectivity index (χ3v) is 2.97. The Kier molecular flexibility index (Phi) is 3.16. The van der Waals surface area contributed by atoms with E-state index in [0.717, 1.165) is 0 Å². The van der Waals surface area contributed by atoms with Gasteiger partial charge in [-0.1, -0.05) is 0 Å². The predicted molar refractivity (Wildman–Crippen MR) is 58.6 cm³/mol. The molecule has 0 spiro atoms. The molecule has 0 N–H and O–H groups in total. The van der Waals surface area contributed by atoms with Crippen LogP contribution in [0.3, 0.4) is 0 Å². The van der Waals surface area contributed by atoms with Gasteiger partial charge in [-0.25, -0.2) is 4.21 Å². The fourth-order valence-electron chi connectivity index (χ4n) is 0.740. The van der Waals surface area contributed by atoms with Crippen LogP contribution in [0.5, 0.6) is 0 Å². The normalized spacial score (nSPS) is 18.5. The van der Waals surface area contributed by atoms with Crippen LogP contribution >= 0.6 is 0 Å². The topological polar surface area (TPSA) is 46.5 Å². The molecule has 1 rings (SSSR count). The summed E-state index contributed by atoms with van der Waals surface area (Å²) < 4.78 is 15.2. The van der Waals surface area contributed by atoms with Gasteiger partial charge in [-0.15, -0.1) is 0 Å². The summed E-state index contributed by atoms with van der Waals surface area (Å²) in [5, 5.41) is 0. The zero-order valence-electron chi connectivity index (χ0n) is 8.48. The predicted octanol–water partition coefficient (Wildman–Crippen LogP) is 1.58. The molecule has 3 nitrogen and oxygen atoms in total. The number of carbonyl (C=O) groups excluding carboxylic acids is 1. The van der Waals surface area contributed by atoms with E-state index < -0.39 is 11.0 Å². The number of allylic oxidation sites excluding steroid dienone is 4. The molecule has 0 radical (unpaired) electrons. The van der Waals surface area contributed by atoms with E-state index in [4.69, 9.17) is 0 Å². The minimum absolute atomic E-state index is 0.0644. The summed E-state index contributed by atoms with van der Waals surface area (Å²) in [5.74, 6) is -0.0644. The molecular formula is C10H13NO2S. The van der Waals surface area contributed by atoms with E-state index in [1.54, 1.807) is 12.2 Å². The van der Waals surface area contributed by atoms with Crippen molar-refractivity contribution in [3.63, 3.8) is 0 Å². The van der Waals surface area contributed by atoms with Gasteiger partial charge >= 0.3 is 0 Å². The molecule has 14 heavy (non-hydrogen) atoms. The maximum absolute atomic E-state index is 11.6. The lowest BCUT2D eigenvalue weighted by molar-refractivity contribution is -0.110. The van der Waals surface area contributed by atoms with Gasteiger partial charge < -0.3 is 0 Å². The van der Waals surface area contributed by atoms with Gasteiger partial charge in [0.25, 0.3) is 0 Å². The molecule has 0 heterocycles. The molecule has 1 atom stereocenters. The van der Waals surface area contributed by atoms with Crippen molar-refractivity contribution in [2.45, 2.75) is 25.5 Å². The second kappa shape index (κ2) is 4.00. The van der Waals surface area contributed by atoms with Crippen molar-refractivity contribution in [3.8, 4) is 0 Å². The van der Waals surface area contributed by atoms with Gasteiger partial charge in [0.15, 0.2) is 5.78 Å². The van der Waals surface area contributed by atoms with Crippen LogP contribution in [0.4, 0.5) is 0 Å². The maximum atomic E-state index is 11.6. The molecule has 4 heteroatoms. The number of ketones is 1. The molecule has 0 aliphatic heterocycles. The van der Waals surface area contributed by atoms with E-state index in [1.807, 2.05) is 20.8 Å². The van der Waals surface area contributed by atoms with Crippen molar-refractivity contribution < 1.29 is 9.00 Å². The summed E-state index contributed by atoms with van der Waals surface area (Å²) in [6.45, 7) is 5.57. The fraction of sp³-hybridized carbons (Fsp3) is 0.400. The van der Waals surface area contributed by atoms with Gasteiger partial charge in [0.1, 0.15) is 11.0 Å². The Hall–Kier alpha value is -1.03. The van der Waals surface area contributed by atoms with Crippen LogP contribution in [0.1, 0.15) is 20.8 Å². The van der Waals surface area contributed by atoms with Gasteiger partial charge in [0.2, 0.25) is 0 Å². The summed E-state index contributed by atoms with van der Waals surface area (Å²) >= 11 is 0. The third-order valence-electron chi connectivity index (χ3n) is 1.55. The van der Waals surface area contributed by atoms with Crippen LogP contribution in [0.25, 0.3) is 0 Å². The van der Waals surface area contributed by atoms with E-state index in [-0.39, 0.29) is 10.5 Å². The van der Waals surface area contributed by atoms with Gasteiger partial charge in [-0.2, -0.15) is 4.40 Å². The second-order valence-corrected chi connectivity index (χ2v) is 5.85. The second-order valence-electron chi connectivity index (χ2n) is 3.95. The highest BCUT2D eigenvalue weighted by Crippen LogP contribution is 2.13. The molecule has 1 aliphatic rings. The van der Waals surface area contributed by atoms with Gasteiger partial charge in [-0.05, 0) is 45.1 Å². The molecule has 0 aromatic heterocycles. The molecule has 1 aliphatic carbocycles. The van der Waals surface area contributed by atoms with Crippen LogP contribution in [0.2, 0.25) is 0 Å². The van der Waals surface area contributed by atoms with Crippen LogP contribution in [0, 0.1) is 0 Å². The number of nitrogens with zero attached hydrogens (tertiary/aromatic N) is 1. The minimum Gasteiger partial charge on any atom is -0.290 e. The first kappa shape index (κ1) is 11.0. The van der Waals surface area contributed by atoms with Gasteiger partial charge in [0.05, 0.1) is 10.5 Å². The first-order valence-corrected chi connectivity index (χ1v) is 5.41. The van der Waals surface area contributed by atoms with Gasteiger partial charge in [0, 0.05) is 0 Å². The lowest BCUT2D eigenvalue weighted by Gasteiger charge is -2.13. The average molecular weight is 211 g/mol. The highest BCUT2D eigenvalue weighted by Gasteiger charge is 2.19. The largest absolute Gasteiger partial charge is 0.290 e. The summed E-state index contributed by atoms with van der Waals surface area (Å²) in [5.41, 5.74) is 0.581. The van der Waals surface area contributed by atoms with Crippen molar-refractivity contribution >= 4 is 22.5 Å². The molecule has 0 fully saturated rings. The Bertz CT molecular complexity index is 341. The standard InChI is InChI=1S/C10H13NO2S/c1-10(2,3)14(13)11-8-4-6-9(12)7-5-8/h4-7H,1-3H3. The van der Waals surface area contributed by atoms with Crippen molar-refractivity contribution in [2.75, 3.05) is 0 Å². The van der Waals surface area contributed by atoms with E-state index in [2.05, 4.69) is 4.40 Å². The first-order chi connectivity index (χ1) is 6.39. The Morgan fingerprint density at radius 3 is 2.07 bits per heavy atom. The fourth-order valence-corrected chi connectivity index (χ4v) is 1.33. The van der Waals surface area contributed by atoms with Crippen LogP contribution in [-0.2, 0) is 15.8 Å². The lowest BCUT2D eigenvalue weighted by Crippen LogP contribution is -2.20. The molecule has 0 aromatic rings. The summed E-state index contributed by atoms with van der Waals surface area (Å²) in [6.07, 6.45) is 5.98. The molecule has 0 bridgehead atoms. The maximum Gasteiger partial charge on any atom is 0.178 e. The molecular weight excluding hydrogens is 198 g/mol. The SMILES string of the molecule is CC(C)(C)S(=O)N=C1C=CC(=O)C=C1. The third kappa shape index (κ3) is 3.03. The number of carbonyl (C=O) groups is 1. The smallest absolute Gasteiger partial charge is 0.178 e. The zero-order chi connectivity index (χ0) is 10.8. The molecule has 0 saturated carbocycles. The Labute approximate surface area is 86.2 Å². The monoisotopic (exact) mass is 211 g/mol. The molecule has 0 amide bonds. The van der Waals surface area contributed by atoms with Crippen LogP contribution in [0.15, 0.2) is 28.7 Å². The molecule has 76 valence electrons. The van der Waals surface area contributed by atoms with Crippen molar-refractivity contribution in [1.29, 1.82) is 0 Å². The zero-order valence-corrected chi connectivity index (χ0v) is 9.30. The first-order valence-electron chi connectivity index (χ1n) is 4.30. The Morgan fingerprint density at radius 1 is 1.14 bits per heavy atom. The number of hydrogen-bond acceptors (Lipinski definition) is 2. The van der Waals surface area contributed by atoms with E-state index >= 15 is 0 Å². The summed E-state index contributed by atoms with van der Waals surface area (Å²) in [7, 11) is -1.27. The number of rotatable bonds is 1. The molecule has 0 aromatic carbocycles. The molecule has 1 unspecified atom stereocenters. The number of hydrogen-bond donors (Lipinski definition) is 0. The lowest BCUT2D eigenvalue weighted by atomic mass is 10.2. The average Bonchev–Trinajstić information content (AvgIpc) is 2.07. The van der Waals surface area contributed by atoms with E-state index in [1.165, 1.54) is 12.2 Å².